The van der Waals surface area contributed by atoms with Gasteiger partial charge in [0, 0.05) is 23.8 Å². The van der Waals surface area contributed by atoms with Gasteiger partial charge in [-0.05, 0) is 49.8 Å². The lowest BCUT2D eigenvalue weighted by atomic mass is 10.1. The van der Waals surface area contributed by atoms with Crippen LogP contribution in [0.4, 0.5) is 0 Å². The molecule has 0 saturated heterocycles. The van der Waals surface area contributed by atoms with Gasteiger partial charge in [-0.15, -0.1) is 11.3 Å². The second-order valence-corrected chi connectivity index (χ2v) is 6.92. The van der Waals surface area contributed by atoms with Crippen molar-refractivity contribution in [1.82, 2.24) is 14.9 Å². The SMILES string of the molecule is CCCNC(c1ccn(Cc2csc(CC)n2)c1)C1CC1. The molecule has 0 aliphatic heterocycles. The van der Waals surface area contributed by atoms with E-state index in [4.69, 9.17) is 0 Å². The van der Waals surface area contributed by atoms with Crippen molar-refractivity contribution in [3.8, 4) is 0 Å². The predicted molar refractivity (Wildman–Crippen MR) is 88.8 cm³/mol. The van der Waals surface area contributed by atoms with E-state index in [1.54, 1.807) is 11.3 Å². The molecule has 0 aromatic carbocycles. The minimum atomic E-state index is 0.549. The Bertz CT molecular complexity index is 568. The smallest absolute Gasteiger partial charge is 0.0926 e. The van der Waals surface area contributed by atoms with Gasteiger partial charge in [-0.2, -0.15) is 0 Å². The zero-order chi connectivity index (χ0) is 14.7. The summed E-state index contributed by atoms with van der Waals surface area (Å²) < 4.78 is 2.27. The highest BCUT2D eigenvalue weighted by Crippen LogP contribution is 2.41. The van der Waals surface area contributed by atoms with Gasteiger partial charge in [0.25, 0.3) is 0 Å². The van der Waals surface area contributed by atoms with E-state index in [1.807, 2.05) is 0 Å². The fraction of sp³-hybridized carbons (Fsp3) is 0.588. The molecule has 2 aromatic heterocycles. The van der Waals surface area contributed by atoms with Gasteiger partial charge in [-0.25, -0.2) is 4.98 Å². The average molecular weight is 303 g/mol. The van der Waals surface area contributed by atoms with Crippen molar-refractivity contribution < 1.29 is 0 Å². The number of hydrogen-bond donors (Lipinski definition) is 1. The van der Waals surface area contributed by atoms with Crippen molar-refractivity contribution in [2.45, 2.75) is 52.1 Å². The van der Waals surface area contributed by atoms with Crippen LogP contribution in [-0.2, 0) is 13.0 Å². The van der Waals surface area contributed by atoms with E-state index in [9.17, 15) is 0 Å². The van der Waals surface area contributed by atoms with Crippen molar-refractivity contribution >= 4 is 11.3 Å². The van der Waals surface area contributed by atoms with Crippen molar-refractivity contribution in [3.63, 3.8) is 0 Å². The van der Waals surface area contributed by atoms with E-state index >= 15 is 0 Å². The van der Waals surface area contributed by atoms with Crippen LogP contribution in [0.5, 0.6) is 0 Å². The molecule has 0 bridgehead atoms. The van der Waals surface area contributed by atoms with Crippen LogP contribution >= 0.6 is 11.3 Å². The molecule has 1 N–H and O–H groups in total. The van der Waals surface area contributed by atoms with E-state index in [-0.39, 0.29) is 0 Å². The Morgan fingerprint density at radius 1 is 1.43 bits per heavy atom. The monoisotopic (exact) mass is 303 g/mol. The number of nitrogens with one attached hydrogen (secondary N) is 1. The van der Waals surface area contributed by atoms with Crippen molar-refractivity contribution in [2.24, 2.45) is 5.92 Å². The Labute approximate surface area is 131 Å². The van der Waals surface area contributed by atoms with Crippen LogP contribution in [0.25, 0.3) is 0 Å². The van der Waals surface area contributed by atoms with E-state index < -0.39 is 0 Å². The Morgan fingerprint density at radius 3 is 2.95 bits per heavy atom. The Hall–Kier alpha value is -1.13. The maximum atomic E-state index is 4.66. The maximum Gasteiger partial charge on any atom is 0.0926 e. The fourth-order valence-corrected chi connectivity index (χ4v) is 3.53. The van der Waals surface area contributed by atoms with Crippen LogP contribution in [0.2, 0.25) is 0 Å². The summed E-state index contributed by atoms with van der Waals surface area (Å²) in [6.45, 7) is 6.39. The molecular formula is C17H25N3S. The lowest BCUT2D eigenvalue weighted by Crippen LogP contribution is -2.23. The molecule has 1 aliphatic carbocycles. The highest BCUT2D eigenvalue weighted by molar-refractivity contribution is 7.09. The Balaban J connectivity index is 1.66. The van der Waals surface area contributed by atoms with Gasteiger partial charge in [0.1, 0.15) is 0 Å². The standard InChI is InChI=1S/C17H25N3S/c1-3-8-18-17(13-5-6-13)14-7-9-20(10-14)11-15-12-21-16(4-2)19-15/h7,9-10,12-13,17-18H,3-6,8,11H2,1-2H3. The second kappa shape index (κ2) is 6.75. The van der Waals surface area contributed by atoms with Gasteiger partial charge in [0.2, 0.25) is 0 Å². The summed E-state index contributed by atoms with van der Waals surface area (Å²) >= 11 is 1.77. The third-order valence-electron chi connectivity index (χ3n) is 4.09. The molecular weight excluding hydrogens is 278 g/mol. The number of aryl methyl sites for hydroxylation is 1. The molecule has 2 aromatic rings. The summed E-state index contributed by atoms with van der Waals surface area (Å²) in [7, 11) is 0. The summed E-state index contributed by atoms with van der Waals surface area (Å²) in [5.74, 6) is 0.846. The van der Waals surface area contributed by atoms with E-state index in [0.717, 1.165) is 25.4 Å². The fourth-order valence-electron chi connectivity index (χ4n) is 2.80. The minimum Gasteiger partial charge on any atom is -0.348 e. The Kier molecular flexibility index (Phi) is 4.76. The highest BCUT2D eigenvalue weighted by Gasteiger charge is 2.32. The Morgan fingerprint density at radius 2 is 2.29 bits per heavy atom. The number of aromatic nitrogens is 2. The summed E-state index contributed by atoms with van der Waals surface area (Å²) in [5.41, 5.74) is 2.63. The lowest BCUT2D eigenvalue weighted by Gasteiger charge is -2.16. The van der Waals surface area contributed by atoms with Gasteiger partial charge in [-0.3, -0.25) is 0 Å². The highest BCUT2D eigenvalue weighted by atomic mass is 32.1. The zero-order valence-corrected chi connectivity index (χ0v) is 13.8. The molecule has 1 aliphatic rings. The molecule has 4 heteroatoms. The minimum absolute atomic E-state index is 0.549. The van der Waals surface area contributed by atoms with Crippen LogP contribution < -0.4 is 5.32 Å². The van der Waals surface area contributed by atoms with Crippen molar-refractivity contribution in [3.05, 3.63) is 40.1 Å². The molecule has 21 heavy (non-hydrogen) atoms. The third kappa shape index (κ3) is 3.74. The molecule has 1 atom stereocenters. The first-order valence-corrected chi connectivity index (χ1v) is 9.00. The quantitative estimate of drug-likeness (QED) is 0.798. The molecule has 0 amide bonds. The zero-order valence-electron chi connectivity index (χ0n) is 13.0. The van der Waals surface area contributed by atoms with E-state index in [2.05, 4.69) is 52.6 Å². The molecule has 3 nitrogen and oxygen atoms in total. The maximum absolute atomic E-state index is 4.66. The number of rotatable bonds is 8. The molecule has 1 saturated carbocycles. The normalized spacial score (nSPS) is 16.3. The first-order chi connectivity index (χ1) is 10.3. The first-order valence-electron chi connectivity index (χ1n) is 8.12. The molecule has 114 valence electrons. The van der Waals surface area contributed by atoms with Gasteiger partial charge in [0.15, 0.2) is 0 Å². The summed E-state index contributed by atoms with van der Waals surface area (Å²) in [6.07, 6.45) is 9.48. The van der Waals surface area contributed by atoms with Gasteiger partial charge in [-0.1, -0.05) is 13.8 Å². The number of hydrogen-bond acceptors (Lipinski definition) is 3. The summed E-state index contributed by atoms with van der Waals surface area (Å²) in [6, 6.07) is 2.83. The van der Waals surface area contributed by atoms with Crippen LogP contribution in [0.3, 0.4) is 0 Å². The van der Waals surface area contributed by atoms with Crippen LogP contribution in [-0.4, -0.2) is 16.1 Å². The van der Waals surface area contributed by atoms with Crippen LogP contribution in [0.1, 0.15) is 55.4 Å². The van der Waals surface area contributed by atoms with Gasteiger partial charge < -0.3 is 9.88 Å². The second-order valence-electron chi connectivity index (χ2n) is 5.97. The van der Waals surface area contributed by atoms with Crippen LogP contribution in [0.15, 0.2) is 23.8 Å². The van der Waals surface area contributed by atoms with Gasteiger partial charge in [0.05, 0.1) is 17.2 Å². The molecule has 0 spiro atoms. The van der Waals surface area contributed by atoms with E-state index in [0.29, 0.717) is 6.04 Å². The summed E-state index contributed by atoms with van der Waals surface area (Å²) in [4.78, 5) is 4.66. The predicted octanol–water partition coefficient (Wildman–Crippen LogP) is 4.01. The first kappa shape index (κ1) is 14.8. The molecule has 1 unspecified atom stereocenters. The third-order valence-corrected chi connectivity index (χ3v) is 5.13. The molecule has 2 heterocycles. The van der Waals surface area contributed by atoms with Crippen LogP contribution in [0, 0.1) is 5.92 Å². The molecule has 0 radical (unpaired) electrons. The van der Waals surface area contributed by atoms with Gasteiger partial charge >= 0.3 is 0 Å². The summed E-state index contributed by atoms with van der Waals surface area (Å²) in [5, 5.41) is 7.13. The van der Waals surface area contributed by atoms with E-state index in [1.165, 1.54) is 35.5 Å². The molecule has 3 rings (SSSR count). The lowest BCUT2D eigenvalue weighted by molar-refractivity contribution is 0.480. The average Bonchev–Trinajstić information content (AvgIpc) is 3.06. The largest absolute Gasteiger partial charge is 0.348 e. The van der Waals surface area contributed by atoms with Crippen molar-refractivity contribution in [2.75, 3.05) is 6.54 Å². The molecule has 1 fully saturated rings. The number of thiazole rings is 1. The van der Waals surface area contributed by atoms with Crippen molar-refractivity contribution in [1.29, 1.82) is 0 Å². The topological polar surface area (TPSA) is 29.9 Å². The number of nitrogens with zero attached hydrogens (tertiary/aromatic N) is 2.